The summed E-state index contributed by atoms with van der Waals surface area (Å²) in [6.45, 7) is 3.99. The molecule has 0 aliphatic rings. The first-order chi connectivity index (χ1) is 10.1. The fraction of sp³-hybridized carbons (Fsp3) is 0.118. The van der Waals surface area contributed by atoms with Gasteiger partial charge in [0.05, 0.1) is 5.56 Å². The van der Waals surface area contributed by atoms with Gasteiger partial charge < -0.3 is 10.2 Å². The van der Waals surface area contributed by atoms with E-state index in [1.165, 1.54) is 0 Å². The van der Waals surface area contributed by atoms with Crippen LogP contribution in [0.3, 0.4) is 0 Å². The topological polar surface area (TPSA) is 56.5 Å². The number of aryl methyl sites for hydroxylation is 2. The molecule has 0 fully saturated rings. The quantitative estimate of drug-likeness (QED) is 0.573. The Morgan fingerprint density at radius 1 is 1.14 bits per heavy atom. The Morgan fingerprint density at radius 3 is 2.81 bits per heavy atom. The Hall–Kier alpha value is -2.75. The second-order valence-corrected chi connectivity index (χ2v) is 5.31. The molecule has 3 aromatic heterocycles. The highest BCUT2D eigenvalue weighted by molar-refractivity contribution is 5.97. The number of rotatable bonds is 1. The monoisotopic (exact) mass is 277 g/mol. The van der Waals surface area contributed by atoms with E-state index in [4.69, 9.17) is 15.1 Å². The minimum Gasteiger partial charge on any atom is -0.461 e. The Kier molecular flexibility index (Phi) is 2.36. The number of anilines is 1. The van der Waals surface area contributed by atoms with Crippen molar-refractivity contribution in [2.45, 2.75) is 13.8 Å². The third kappa shape index (κ3) is 1.65. The van der Waals surface area contributed by atoms with Gasteiger partial charge in [-0.3, -0.25) is 4.40 Å². The Morgan fingerprint density at radius 2 is 1.95 bits per heavy atom. The smallest absolute Gasteiger partial charge is 0.139 e. The minimum absolute atomic E-state index is 0.639. The van der Waals surface area contributed by atoms with Crippen molar-refractivity contribution in [1.29, 1.82) is 0 Å². The molecule has 0 unspecified atom stereocenters. The zero-order chi connectivity index (χ0) is 14.6. The third-order valence-corrected chi connectivity index (χ3v) is 3.83. The average Bonchev–Trinajstić information content (AvgIpc) is 2.95. The molecule has 0 aliphatic heterocycles. The fourth-order valence-corrected chi connectivity index (χ4v) is 2.81. The first-order valence-electron chi connectivity index (χ1n) is 6.88. The summed E-state index contributed by atoms with van der Waals surface area (Å²) >= 11 is 0. The van der Waals surface area contributed by atoms with Crippen LogP contribution >= 0.6 is 0 Å². The van der Waals surface area contributed by atoms with Crippen molar-refractivity contribution < 1.29 is 4.42 Å². The lowest BCUT2D eigenvalue weighted by Crippen LogP contribution is -1.94. The molecule has 4 nitrogen and oxygen atoms in total. The standard InChI is InChI=1S/C17H15N3O/c1-10-7-8-20-14(9-10)19-16(17(20)18)15-11(2)21-13-6-4-3-5-12(13)15/h3-9H,18H2,1-2H3. The molecule has 4 heteroatoms. The van der Waals surface area contributed by atoms with Gasteiger partial charge in [0, 0.05) is 11.6 Å². The molecule has 4 aromatic rings. The number of imidazole rings is 1. The number of hydrogen-bond acceptors (Lipinski definition) is 3. The third-order valence-electron chi connectivity index (χ3n) is 3.83. The second kappa shape index (κ2) is 4.12. The summed E-state index contributed by atoms with van der Waals surface area (Å²) < 4.78 is 7.73. The van der Waals surface area contributed by atoms with Crippen LogP contribution in [0.15, 0.2) is 47.0 Å². The van der Waals surface area contributed by atoms with Crippen molar-refractivity contribution >= 4 is 22.4 Å². The largest absolute Gasteiger partial charge is 0.461 e. The first kappa shape index (κ1) is 12.0. The lowest BCUT2D eigenvalue weighted by Gasteiger charge is -1.99. The van der Waals surface area contributed by atoms with E-state index >= 15 is 0 Å². The van der Waals surface area contributed by atoms with Crippen LogP contribution in [-0.2, 0) is 0 Å². The summed E-state index contributed by atoms with van der Waals surface area (Å²) in [5.41, 5.74) is 10.9. The number of furan rings is 1. The molecule has 1 aromatic carbocycles. The number of nitrogens with two attached hydrogens (primary N) is 1. The van der Waals surface area contributed by atoms with E-state index < -0.39 is 0 Å². The van der Waals surface area contributed by atoms with Gasteiger partial charge in [0.25, 0.3) is 0 Å². The predicted molar refractivity (Wildman–Crippen MR) is 84.3 cm³/mol. The number of aromatic nitrogens is 2. The fourth-order valence-electron chi connectivity index (χ4n) is 2.81. The molecule has 0 atom stereocenters. The van der Waals surface area contributed by atoms with E-state index in [0.29, 0.717) is 5.82 Å². The first-order valence-corrected chi connectivity index (χ1v) is 6.88. The van der Waals surface area contributed by atoms with Gasteiger partial charge in [0.1, 0.15) is 28.5 Å². The SMILES string of the molecule is Cc1ccn2c(N)c(-c3c(C)oc4ccccc34)nc2c1. The molecule has 0 aliphatic carbocycles. The van der Waals surface area contributed by atoms with E-state index in [-0.39, 0.29) is 0 Å². The number of hydrogen-bond donors (Lipinski definition) is 1. The van der Waals surface area contributed by atoms with Crippen molar-refractivity contribution in [1.82, 2.24) is 9.38 Å². The highest BCUT2D eigenvalue weighted by Gasteiger charge is 2.19. The summed E-state index contributed by atoms with van der Waals surface area (Å²) in [5.74, 6) is 1.47. The van der Waals surface area contributed by atoms with Gasteiger partial charge in [0.15, 0.2) is 0 Å². The van der Waals surface area contributed by atoms with Gasteiger partial charge in [-0.1, -0.05) is 18.2 Å². The predicted octanol–water partition coefficient (Wildman–Crippen LogP) is 3.95. The van der Waals surface area contributed by atoms with Gasteiger partial charge in [-0.15, -0.1) is 0 Å². The molecular weight excluding hydrogens is 262 g/mol. The molecule has 0 saturated heterocycles. The molecule has 2 N–H and O–H groups in total. The van der Waals surface area contributed by atoms with E-state index in [1.807, 2.05) is 60.8 Å². The maximum absolute atomic E-state index is 6.30. The number of para-hydroxylation sites is 1. The molecule has 3 heterocycles. The Bertz CT molecular complexity index is 978. The van der Waals surface area contributed by atoms with Crippen LogP contribution in [0.25, 0.3) is 27.9 Å². The number of benzene rings is 1. The molecule has 104 valence electrons. The number of pyridine rings is 1. The molecule has 0 bridgehead atoms. The molecule has 4 rings (SSSR count). The normalized spacial score (nSPS) is 11.5. The van der Waals surface area contributed by atoms with Crippen LogP contribution in [0.2, 0.25) is 0 Å². The highest BCUT2D eigenvalue weighted by Crippen LogP contribution is 2.37. The zero-order valence-corrected chi connectivity index (χ0v) is 11.9. The maximum atomic E-state index is 6.30. The Labute approximate surface area is 121 Å². The zero-order valence-electron chi connectivity index (χ0n) is 11.9. The van der Waals surface area contributed by atoms with E-state index in [1.54, 1.807) is 0 Å². The second-order valence-electron chi connectivity index (χ2n) is 5.31. The number of fused-ring (bicyclic) bond motifs is 2. The summed E-state index contributed by atoms with van der Waals surface area (Å²) in [6, 6.07) is 12.0. The summed E-state index contributed by atoms with van der Waals surface area (Å²) in [7, 11) is 0. The van der Waals surface area contributed by atoms with Crippen molar-refractivity contribution in [3.05, 3.63) is 53.9 Å². The number of nitrogen functional groups attached to an aromatic ring is 1. The highest BCUT2D eigenvalue weighted by atomic mass is 16.3. The van der Waals surface area contributed by atoms with Crippen LogP contribution in [-0.4, -0.2) is 9.38 Å². The van der Waals surface area contributed by atoms with Gasteiger partial charge in [0.2, 0.25) is 0 Å². The molecule has 21 heavy (non-hydrogen) atoms. The lowest BCUT2D eigenvalue weighted by atomic mass is 10.1. The van der Waals surface area contributed by atoms with Crippen LogP contribution in [0, 0.1) is 13.8 Å². The van der Waals surface area contributed by atoms with Gasteiger partial charge >= 0.3 is 0 Å². The van der Waals surface area contributed by atoms with Gasteiger partial charge in [-0.2, -0.15) is 0 Å². The molecular formula is C17H15N3O. The minimum atomic E-state index is 0.639. The lowest BCUT2D eigenvalue weighted by molar-refractivity contribution is 0.580. The van der Waals surface area contributed by atoms with Crippen molar-refractivity contribution in [3.63, 3.8) is 0 Å². The summed E-state index contributed by atoms with van der Waals surface area (Å²) in [4.78, 5) is 4.70. The van der Waals surface area contributed by atoms with Crippen LogP contribution < -0.4 is 5.73 Å². The molecule has 0 spiro atoms. The average molecular weight is 277 g/mol. The van der Waals surface area contributed by atoms with Crippen LogP contribution in [0.5, 0.6) is 0 Å². The summed E-state index contributed by atoms with van der Waals surface area (Å²) in [5, 5.41) is 1.04. The molecule has 0 radical (unpaired) electrons. The van der Waals surface area contributed by atoms with Gasteiger partial charge in [-0.25, -0.2) is 4.98 Å². The van der Waals surface area contributed by atoms with Crippen LogP contribution in [0.1, 0.15) is 11.3 Å². The van der Waals surface area contributed by atoms with E-state index in [2.05, 4.69) is 0 Å². The van der Waals surface area contributed by atoms with Crippen molar-refractivity contribution in [3.8, 4) is 11.3 Å². The summed E-state index contributed by atoms with van der Waals surface area (Å²) in [6.07, 6.45) is 1.95. The van der Waals surface area contributed by atoms with E-state index in [9.17, 15) is 0 Å². The molecule has 0 saturated carbocycles. The number of nitrogens with zero attached hydrogens (tertiary/aromatic N) is 2. The maximum Gasteiger partial charge on any atom is 0.139 e. The molecule has 0 amide bonds. The van der Waals surface area contributed by atoms with Gasteiger partial charge in [-0.05, 0) is 37.6 Å². The Balaban J connectivity index is 2.09. The van der Waals surface area contributed by atoms with E-state index in [0.717, 1.165) is 39.2 Å². The van der Waals surface area contributed by atoms with Crippen LogP contribution in [0.4, 0.5) is 5.82 Å². The van der Waals surface area contributed by atoms with Crippen molar-refractivity contribution in [2.24, 2.45) is 0 Å². The van der Waals surface area contributed by atoms with Crippen molar-refractivity contribution in [2.75, 3.05) is 5.73 Å².